The van der Waals surface area contributed by atoms with E-state index in [9.17, 15) is 9.59 Å². The smallest absolute Gasteiger partial charge is 0.251 e. The van der Waals surface area contributed by atoms with Gasteiger partial charge >= 0.3 is 0 Å². The highest BCUT2D eigenvalue weighted by Crippen LogP contribution is 2.36. The average molecular weight is 491 g/mol. The molecular formula is C27H30N4O5. The van der Waals surface area contributed by atoms with Crippen LogP contribution in [0.4, 0.5) is 0 Å². The average Bonchev–Trinajstić information content (AvgIpc) is 3.66. The van der Waals surface area contributed by atoms with Crippen LogP contribution in [0.15, 0.2) is 53.1 Å². The molecule has 9 nitrogen and oxygen atoms in total. The lowest BCUT2D eigenvalue weighted by Gasteiger charge is -2.33. The molecule has 1 N–H and O–H groups in total. The summed E-state index contributed by atoms with van der Waals surface area (Å²) in [5.41, 5.74) is 1.34. The number of amides is 2. The number of ether oxygens (including phenoxy) is 2. The highest BCUT2D eigenvalue weighted by Gasteiger charge is 2.40. The maximum absolute atomic E-state index is 13.3. The van der Waals surface area contributed by atoms with Crippen molar-refractivity contribution in [3.8, 4) is 22.9 Å². The zero-order chi connectivity index (χ0) is 25.1. The molecule has 2 heterocycles. The Hall–Kier alpha value is -3.88. The van der Waals surface area contributed by atoms with Gasteiger partial charge in [-0.25, -0.2) is 0 Å². The van der Waals surface area contributed by atoms with Gasteiger partial charge in [0.05, 0.1) is 14.2 Å². The molecule has 2 amide bonds. The van der Waals surface area contributed by atoms with E-state index in [-0.39, 0.29) is 23.7 Å². The van der Waals surface area contributed by atoms with E-state index < -0.39 is 6.04 Å². The van der Waals surface area contributed by atoms with Crippen LogP contribution in [0.25, 0.3) is 11.4 Å². The standard InChI is InChI=1S/C27H30N4O5/c1-34-21-11-10-20(16-22(21)35-2)24-29-26(36-30-24)19-12-14-31(15-13-19)27(33)23(17-8-9-17)28-25(32)18-6-4-3-5-7-18/h3-7,10-11,16-17,19,23H,8-9,12-15H2,1-2H3,(H,28,32)/t23-/m1/s1. The van der Waals surface area contributed by atoms with Gasteiger partial charge in [-0.15, -0.1) is 0 Å². The first kappa shape index (κ1) is 23.8. The van der Waals surface area contributed by atoms with Gasteiger partial charge in [-0.2, -0.15) is 4.98 Å². The summed E-state index contributed by atoms with van der Waals surface area (Å²) in [6.45, 7) is 1.17. The molecule has 1 aliphatic heterocycles. The molecule has 1 aromatic heterocycles. The van der Waals surface area contributed by atoms with Crippen molar-refractivity contribution in [1.29, 1.82) is 0 Å². The number of methoxy groups -OCH3 is 2. The van der Waals surface area contributed by atoms with Crippen LogP contribution in [0.1, 0.15) is 47.8 Å². The van der Waals surface area contributed by atoms with Crippen LogP contribution >= 0.6 is 0 Å². The highest BCUT2D eigenvalue weighted by atomic mass is 16.5. The molecule has 36 heavy (non-hydrogen) atoms. The van der Waals surface area contributed by atoms with Gasteiger partial charge in [-0.05, 0) is 61.9 Å². The molecule has 2 aliphatic rings. The van der Waals surface area contributed by atoms with Gasteiger partial charge in [0.15, 0.2) is 11.5 Å². The molecular weight excluding hydrogens is 460 g/mol. The number of benzene rings is 2. The van der Waals surface area contributed by atoms with Gasteiger partial charge in [0.25, 0.3) is 5.91 Å². The largest absolute Gasteiger partial charge is 0.493 e. The van der Waals surface area contributed by atoms with Crippen molar-refractivity contribution in [2.24, 2.45) is 5.92 Å². The number of hydrogen-bond donors (Lipinski definition) is 1. The molecule has 1 aliphatic carbocycles. The summed E-state index contributed by atoms with van der Waals surface area (Å²) in [6.07, 6.45) is 3.37. The number of carbonyl (C=O) groups is 2. The number of rotatable bonds is 8. The second-order valence-electron chi connectivity index (χ2n) is 9.28. The summed E-state index contributed by atoms with van der Waals surface area (Å²) in [4.78, 5) is 32.5. The van der Waals surface area contributed by atoms with Crippen LogP contribution in [-0.2, 0) is 4.79 Å². The van der Waals surface area contributed by atoms with Crippen molar-refractivity contribution in [2.75, 3.05) is 27.3 Å². The molecule has 1 saturated carbocycles. The van der Waals surface area contributed by atoms with Crippen molar-refractivity contribution in [3.63, 3.8) is 0 Å². The third-order valence-corrected chi connectivity index (χ3v) is 6.92. The molecule has 5 rings (SSSR count). The van der Waals surface area contributed by atoms with Crippen LogP contribution in [0.2, 0.25) is 0 Å². The van der Waals surface area contributed by atoms with E-state index >= 15 is 0 Å². The molecule has 9 heteroatoms. The Labute approximate surface area is 209 Å². The highest BCUT2D eigenvalue weighted by molar-refractivity contribution is 5.97. The summed E-state index contributed by atoms with van der Waals surface area (Å²) in [7, 11) is 3.17. The van der Waals surface area contributed by atoms with Gasteiger partial charge in [-0.3, -0.25) is 9.59 Å². The second kappa shape index (κ2) is 10.4. The summed E-state index contributed by atoms with van der Waals surface area (Å²) < 4.78 is 16.2. The van der Waals surface area contributed by atoms with E-state index in [2.05, 4.69) is 15.5 Å². The number of nitrogens with one attached hydrogen (secondary N) is 1. The minimum absolute atomic E-state index is 0.00298. The Morgan fingerprint density at radius 2 is 1.72 bits per heavy atom. The van der Waals surface area contributed by atoms with E-state index in [4.69, 9.17) is 14.0 Å². The molecule has 3 aromatic rings. The van der Waals surface area contributed by atoms with Gasteiger partial charge in [0.2, 0.25) is 17.6 Å². The maximum atomic E-state index is 13.3. The fourth-order valence-corrected chi connectivity index (χ4v) is 4.66. The van der Waals surface area contributed by atoms with E-state index in [1.807, 2.05) is 35.2 Å². The monoisotopic (exact) mass is 490 g/mol. The van der Waals surface area contributed by atoms with Gasteiger partial charge in [0.1, 0.15) is 6.04 Å². The quantitative estimate of drug-likeness (QED) is 0.513. The lowest BCUT2D eigenvalue weighted by atomic mass is 9.96. The van der Waals surface area contributed by atoms with E-state index in [0.29, 0.717) is 41.9 Å². The first-order valence-corrected chi connectivity index (χ1v) is 12.3. The van der Waals surface area contributed by atoms with Crippen LogP contribution in [0.5, 0.6) is 11.5 Å². The Morgan fingerprint density at radius 1 is 1.00 bits per heavy atom. The van der Waals surface area contributed by atoms with Crippen LogP contribution < -0.4 is 14.8 Å². The molecule has 0 spiro atoms. The molecule has 188 valence electrons. The maximum Gasteiger partial charge on any atom is 0.251 e. The summed E-state index contributed by atoms with van der Waals surface area (Å²) in [6, 6.07) is 14.0. The number of likely N-dealkylation sites (tertiary alicyclic amines) is 1. The minimum atomic E-state index is -0.477. The molecule has 1 saturated heterocycles. The Kier molecular flexibility index (Phi) is 6.88. The van der Waals surface area contributed by atoms with Crippen molar-refractivity contribution in [3.05, 3.63) is 60.0 Å². The predicted octanol–water partition coefficient (Wildman–Crippen LogP) is 3.67. The molecule has 0 radical (unpaired) electrons. The Morgan fingerprint density at radius 3 is 2.39 bits per heavy atom. The van der Waals surface area contributed by atoms with Crippen LogP contribution in [0, 0.1) is 5.92 Å². The van der Waals surface area contributed by atoms with Crippen molar-refractivity contribution < 1.29 is 23.6 Å². The zero-order valence-corrected chi connectivity index (χ0v) is 20.5. The Balaban J connectivity index is 1.21. The van der Waals surface area contributed by atoms with Crippen molar-refractivity contribution in [1.82, 2.24) is 20.4 Å². The van der Waals surface area contributed by atoms with E-state index in [0.717, 1.165) is 31.2 Å². The second-order valence-corrected chi connectivity index (χ2v) is 9.28. The number of piperidine rings is 1. The van der Waals surface area contributed by atoms with Crippen molar-refractivity contribution >= 4 is 11.8 Å². The summed E-state index contributed by atoms with van der Waals surface area (Å²) >= 11 is 0. The Bertz CT molecular complexity index is 1220. The number of nitrogens with zero attached hydrogens (tertiary/aromatic N) is 3. The molecule has 2 fully saturated rings. The lowest BCUT2D eigenvalue weighted by molar-refractivity contribution is -0.135. The third kappa shape index (κ3) is 5.05. The van der Waals surface area contributed by atoms with Gasteiger partial charge < -0.3 is 24.2 Å². The fourth-order valence-electron chi connectivity index (χ4n) is 4.66. The van der Waals surface area contributed by atoms with E-state index in [1.165, 1.54) is 0 Å². The summed E-state index contributed by atoms with van der Waals surface area (Å²) in [5, 5.41) is 7.14. The molecule has 1 atom stereocenters. The minimum Gasteiger partial charge on any atom is -0.493 e. The van der Waals surface area contributed by atoms with Gasteiger partial charge in [0, 0.05) is 30.1 Å². The molecule has 2 aromatic carbocycles. The van der Waals surface area contributed by atoms with Gasteiger partial charge in [-0.1, -0.05) is 23.4 Å². The first-order valence-electron chi connectivity index (χ1n) is 12.3. The third-order valence-electron chi connectivity index (χ3n) is 6.92. The van der Waals surface area contributed by atoms with Crippen LogP contribution in [0.3, 0.4) is 0 Å². The van der Waals surface area contributed by atoms with E-state index in [1.54, 1.807) is 32.4 Å². The van der Waals surface area contributed by atoms with Crippen LogP contribution in [-0.4, -0.2) is 60.2 Å². The number of aromatic nitrogens is 2. The van der Waals surface area contributed by atoms with Crippen molar-refractivity contribution in [2.45, 2.75) is 37.6 Å². The lowest BCUT2D eigenvalue weighted by Crippen LogP contribution is -2.51. The zero-order valence-electron chi connectivity index (χ0n) is 20.5. The SMILES string of the molecule is COc1ccc(-c2noc(C3CCN(C(=O)[C@H](NC(=O)c4ccccc4)C4CC4)CC3)n2)cc1OC. The molecule has 0 bridgehead atoms. The fraction of sp³-hybridized carbons (Fsp3) is 0.407. The topological polar surface area (TPSA) is 107 Å². The normalized spacial score (nSPS) is 16.9. The first-order chi connectivity index (χ1) is 17.6. The summed E-state index contributed by atoms with van der Waals surface area (Å²) in [5.74, 6) is 2.37. The number of carbonyl (C=O) groups excluding carboxylic acids is 2. The predicted molar refractivity (Wildman–Crippen MR) is 132 cm³/mol. The number of hydrogen-bond acceptors (Lipinski definition) is 7. The molecule has 0 unspecified atom stereocenters.